The number of benzene rings is 2. The molecule has 0 saturated carbocycles. The summed E-state index contributed by atoms with van der Waals surface area (Å²) in [6, 6.07) is 13.7. The Hall–Kier alpha value is -6.54. The fraction of sp³-hybridized carbons (Fsp3) is 0.481. The molecule has 1 aliphatic carbocycles. The maximum absolute atomic E-state index is 17.1. The Morgan fingerprint density at radius 3 is 2.21 bits per heavy atom. The van der Waals surface area contributed by atoms with Crippen LogP contribution in [0.2, 0.25) is 0 Å². The zero-order valence-corrected chi connectivity index (χ0v) is 41.2. The molecule has 18 nitrogen and oxygen atoms in total. The number of amides is 3. The number of nitrogens with zero attached hydrogens (tertiary/aromatic N) is 5. The highest BCUT2D eigenvalue weighted by Gasteiger charge is 2.41. The van der Waals surface area contributed by atoms with E-state index in [0.29, 0.717) is 84.8 Å². The van der Waals surface area contributed by atoms with Crippen molar-refractivity contribution in [3.05, 3.63) is 101 Å². The molecule has 0 bridgehead atoms. The SMILES string of the molecule is COCCOc1cccc(C2OC3=C(c4cc5cc(-c6cnc(C7CCCN7C(=O)C(NC(=O)OC)C(C)C)[nH]6)ccc5n42)C(F)CC(c2cnc(C4CCCN4C(=O)C(NC(O)OC)C(C)C)[nH]2)=C3)c1. The predicted molar refractivity (Wildman–Crippen MR) is 262 cm³/mol. The number of alkyl halides is 1. The van der Waals surface area contributed by atoms with Gasteiger partial charge in [0.1, 0.15) is 42.0 Å². The summed E-state index contributed by atoms with van der Waals surface area (Å²) in [6.07, 6.45) is 4.29. The Labute approximate surface area is 411 Å². The van der Waals surface area contributed by atoms with E-state index in [1.807, 2.05) is 86.9 Å². The molecule has 3 aliphatic heterocycles. The number of hydrogen-bond donors (Lipinski definition) is 5. The summed E-state index contributed by atoms with van der Waals surface area (Å²) in [5.41, 5.74) is 5.66. The summed E-state index contributed by atoms with van der Waals surface area (Å²) in [6.45, 7) is 9.44. The summed E-state index contributed by atoms with van der Waals surface area (Å²) < 4.78 is 47.2. The lowest BCUT2D eigenvalue weighted by molar-refractivity contribution is -0.145. The van der Waals surface area contributed by atoms with Crippen LogP contribution in [0.4, 0.5) is 9.18 Å². The summed E-state index contributed by atoms with van der Waals surface area (Å²) >= 11 is 0. The Morgan fingerprint density at radius 1 is 0.873 bits per heavy atom. The highest BCUT2D eigenvalue weighted by molar-refractivity contribution is 5.93. The molecule has 0 radical (unpaired) electrons. The average Bonchev–Trinajstić information content (AvgIpc) is 4.23. The smallest absolute Gasteiger partial charge is 0.407 e. The number of aromatic nitrogens is 5. The van der Waals surface area contributed by atoms with Crippen molar-refractivity contribution in [1.82, 2.24) is 44.9 Å². The highest BCUT2D eigenvalue weighted by Crippen LogP contribution is 2.47. The molecule has 378 valence electrons. The van der Waals surface area contributed by atoms with Gasteiger partial charge in [-0.15, -0.1) is 0 Å². The molecule has 2 saturated heterocycles. The number of aliphatic hydroxyl groups excluding tert-OH is 1. The maximum atomic E-state index is 17.1. The minimum atomic E-state index is -1.44. The number of alkyl carbamates (subject to hydrolysis) is 1. The van der Waals surface area contributed by atoms with Gasteiger partial charge in [0.15, 0.2) is 0 Å². The lowest BCUT2D eigenvalue weighted by Gasteiger charge is -2.34. The molecule has 4 aliphatic rings. The van der Waals surface area contributed by atoms with Gasteiger partial charge in [-0.25, -0.2) is 19.2 Å². The van der Waals surface area contributed by atoms with Gasteiger partial charge in [-0.05, 0) is 79.5 Å². The van der Waals surface area contributed by atoms with Gasteiger partial charge < -0.3 is 58.4 Å². The minimum absolute atomic E-state index is 0.0555. The van der Waals surface area contributed by atoms with E-state index in [0.717, 1.165) is 40.6 Å². The molecular weight excluding hydrogens is 914 g/mol. The quantitative estimate of drug-likeness (QED) is 0.0465. The first-order valence-electron chi connectivity index (χ1n) is 24.4. The van der Waals surface area contributed by atoms with Gasteiger partial charge >= 0.3 is 6.09 Å². The molecule has 5 aromatic rings. The van der Waals surface area contributed by atoms with Crippen LogP contribution in [0.25, 0.3) is 33.3 Å². The number of hydrogen-bond acceptors (Lipinski definition) is 12. The third-order valence-corrected chi connectivity index (χ3v) is 14.0. The standard InChI is InChI=1S/C52H64FN9O9/c1-28(2)44(58-51(65)68-6)48(63)60-17-9-13-39(60)46-54-26-36(56-46)30-15-16-38-33(21-30)24-41-43-35(53)23-32(25-42(43)71-50(62(38)41)31-11-8-12-34(22-31)70-20-19-67-5)37-27-55-47(57-37)40-14-10-18-61(40)49(64)45(29(3)4)59-52(66)69-7/h8,11-12,15-16,21-22,24-29,35,39-40,44-45,50,52,59,66H,9-10,13-14,17-20,23H2,1-7H3,(H,54,56)(H,55,57)(H,58,65). The number of imidazole rings is 2. The number of halogens is 1. The zero-order chi connectivity index (χ0) is 50.1. The Balaban J connectivity index is 1.04. The number of aliphatic hydroxyl groups is 1. The van der Waals surface area contributed by atoms with Crippen LogP contribution in [0.1, 0.15) is 107 Å². The fourth-order valence-electron chi connectivity index (χ4n) is 10.3. The number of fused-ring (bicyclic) bond motifs is 4. The number of ether oxygens (including phenoxy) is 5. The molecule has 3 amide bonds. The summed E-state index contributed by atoms with van der Waals surface area (Å²) in [5.74, 6) is 1.67. The molecular formula is C52H64FN9O9. The monoisotopic (exact) mass is 977 g/mol. The van der Waals surface area contributed by atoms with Crippen molar-refractivity contribution in [2.75, 3.05) is 47.6 Å². The molecule has 7 unspecified atom stereocenters. The van der Waals surface area contributed by atoms with Gasteiger partial charge in [0.2, 0.25) is 24.5 Å². The molecule has 0 spiro atoms. The number of allylic oxidation sites excluding steroid dienone is 3. The van der Waals surface area contributed by atoms with Crippen molar-refractivity contribution < 1.29 is 47.6 Å². The third kappa shape index (κ3) is 9.92. The predicted octanol–water partition coefficient (Wildman–Crippen LogP) is 7.14. The van der Waals surface area contributed by atoms with Gasteiger partial charge in [0, 0.05) is 50.2 Å². The van der Waals surface area contributed by atoms with Crippen molar-refractivity contribution in [1.29, 1.82) is 0 Å². The Kier molecular flexibility index (Phi) is 14.7. The van der Waals surface area contributed by atoms with E-state index in [2.05, 4.69) is 20.6 Å². The first kappa shape index (κ1) is 49.4. The number of rotatable bonds is 17. The zero-order valence-electron chi connectivity index (χ0n) is 41.2. The molecule has 19 heteroatoms. The molecule has 71 heavy (non-hydrogen) atoms. The number of nitrogens with one attached hydrogen (secondary N) is 4. The van der Waals surface area contributed by atoms with Crippen LogP contribution in [-0.2, 0) is 28.5 Å². The van der Waals surface area contributed by atoms with Crippen LogP contribution in [0, 0.1) is 11.8 Å². The Bertz CT molecular complexity index is 2820. The van der Waals surface area contributed by atoms with Crippen molar-refractivity contribution >= 4 is 40.0 Å². The first-order valence-corrected chi connectivity index (χ1v) is 24.4. The number of H-pyrrole nitrogens is 2. The fourth-order valence-corrected chi connectivity index (χ4v) is 10.3. The maximum Gasteiger partial charge on any atom is 0.407 e. The second kappa shape index (κ2) is 21.0. The highest BCUT2D eigenvalue weighted by atomic mass is 19.1. The number of aromatic amines is 2. The van der Waals surface area contributed by atoms with E-state index < -0.39 is 37.0 Å². The van der Waals surface area contributed by atoms with E-state index >= 15 is 4.39 Å². The number of likely N-dealkylation sites (tertiary alicyclic amines) is 2. The van der Waals surface area contributed by atoms with Gasteiger partial charge in [-0.2, -0.15) is 0 Å². The van der Waals surface area contributed by atoms with Gasteiger partial charge in [0.05, 0.1) is 72.4 Å². The van der Waals surface area contributed by atoms with Crippen LogP contribution in [0.5, 0.6) is 5.75 Å². The van der Waals surface area contributed by atoms with Crippen LogP contribution < -0.4 is 15.4 Å². The van der Waals surface area contributed by atoms with Crippen molar-refractivity contribution in [3.63, 3.8) is 0 Å². The largest absolute Gasteiger partial charge is 0.491 e. The third-order valence-electron chi connectivity index (χ3n) is 14.0. The minimum Gasteiger partial charge on any atom is -0.491 e. The summed E-state index contributed by atoms with van der Waals surface area (Å²) in [7, 11) is 4.26. The molecule has 5 N–H and O–H groups in total. The summed E-state index contributed by atoms with van der Waals surface area (Å²) in [5, 5.41) is 16.6. The number of carbonyl (C=O) groups excluding carboxylic acids is 3. The normalized spacial score (nSPS) is 21.3. The second-order valence-electron chi connectivity index (χ2n) is 19.3. The van der Waals surface area contributed by atoms with Crippen molar-refractivity contribution in [2.24, 2.45) is 11.8 Å². The molecule has 6 heterocycles. The van der Waals surface area contributed by atoms with Crippen LogP contribution in [0.3, 0.4) is 0 Å². The van der Waals surface area contributed by atoms with Crippen LogP contribution >= 0.6 is 0 Å². The van der Waals surface area contributed by atoms with E-state index in [-0.39, 0.29) is 42.2 Å². The molecule has 2 aromatic carbocycles. The van der Waals surface area contributed by atoms with E-state index in [4.69, 9.17) is 33.7 Å². The molecule has 3 aromatic heterocycles. The van der Waals surface area contributed by atoms with Crippen LogP contribution in [-0.4, -0.2) is 130 Å². The summed E-state index contributed by atoms with van der Waals surface area (Å²) in [4.78, 5) is 59.9. The van der Waals surface area contributed by atoms with Gasteiger partial charge in [-0.1, -0.05) is 45.9 Å². The van der Waals surface area contributed by atoms with E-state index in [1.165, 1.54) is 14.2 Å². The molecule has 2 fully saturated rings. The first-order chi connectivity index (χ1) is 34.3. The van der Waals surface area contributed by atoms with Gasteiger partial charge in [0.25, 0.3) is 0 Å². The Morgan fingerprint density at radius 2 is 1.55 bits per heavy atom. The van der Waals surface area contributed by atoms with E-state index in [1.54, 1.807) is 29.3 Å². The van der Waals surface area contributed by atoms with E-state index in [9.17, 15) is 19.5 Å². The average molecular weight is 978 g/mol. The second-order valence-corrected chi connectivity index (χ2v) is 19.3. The molecule has 7 atom stereocenters. The number of methoxy groups -OCH3 is 3. The lowest BCUT2D eigenvalue weighted by atomic mass is 9.90. The number of carbonyl (C=O) groups is 3. The van der Waals surface area contributed by atoms with Crippen molar-refractivity contribution in [3.8, 4) is 17.0 Å². The topological polar surface area (TPSA) is 210 Å². The molecule has 9 rings (SSSR count). The van der Waals surface area contributed by atoms with Crippen molar-refractivity contribution in [2.45, 2.75) is 103 Å². The van der Waals surface area contributed by atoms with Gasteiger partial charge in [-0.3, -0.25) is 14.9 Å². The van der Waals surface area contributed by atoms with Crippen LogP contribution in [0.15, 0.2) is 72.8 Å². The lowest BCUT2D eigenvalue weighted by Crippen LogP contribution is -2.52.